The van der Waals surface area contributed by atoms with E-state index in [0.717, 1.165) is 59.1 Å². The molecular weight excluding hydrogens is 470 g/mol. The number of halogens is 1. The van der Waals surface area contributed by atoms with Crippen molar-refractivity contribution in [3.63, 3.8) is 0 Å². The van der Waals surface area contributed by atoms with E-state index in [1.165, 1.54) is 0 Å². The van der Waals surface area contributed by atoms with Gasteiger partial charge in [0.1, 0.15) is 6.54 Å². The molecule has 3 heterocycles. The first-order valence-corrected chi connectivity index (χ1v) is 12.5. The minimum absolute atomic E-state index is 0.0956. The molecule has 0 N–H and O–H groups in total. The van der Waals surface area contributed by atoms with Crippen LogP contribution in [0.3, 0.4) is 0 Å². The third kappa shape index (κ3) is 4.26. The molecule has 0 aliphatic carbocycles. The predicted molar refractivity (Wildman–Crippen MR) is 137 cm³/mol. The molecule has 0 bridgehead atoms. The van der Waals surface area contributed by atoms with Crippen LogP contribution in [0.15, 0.2) is 59.6 Å². The number of imide groups is 1. The number of carbonyl (C=O) groups excluding carboxylic acids is 3. The van der Waals surface area contributed by atoms with Crippen LogP contribution in [0.5, 0.6) is 0 Å². The van der Waals surface area contributed by atoms with E-state index in [1.807, 2.05) is 39.9 Å². The van der Waals surface area contributed by atoms with Crippen molar-refractivity contribution in [2.24, 2.45) is 5.92 Å². The van der Waals surface area contributed by atoms with Gasteiger partial charge in [0.05, 0.1) is 15.6 Å². The molecule has 0 saturated carbocycles. The molecule has 3 amide bonds. The van der Waals surface area contributed by atoms with Gasteiger partial charge in [-0.1, -0.05) is 48.9 Å². The number of piperidine rings is 1. The maximum absolute atomic E-state index is 13.1. The number of thioether (sulfide) groups is 1. The van der Waals surface area contributed by atoms with Crippen LogP contribution >= 0.6 is 23.4 Å². The molecule has 0 spiro atoms. The minimum atomic E-state index is -0.404. The van der Waals surface area contributed by atoms with Crippen molar-refractivity contribution >= 4 is 63.1 Å². The van der Waals surface area contributed by atoms with Crippen LogP contribution < -0.4 is 4.90 Å². The van der Waals surface area contributed by atoms with E-state index in [1.54, 1.807) is 30.3 Å². The molecule has 2 fully saturated rings. The second-order valence-corrected chi connectivity index (χ2v) is 10.2. The SMILES string of the molecule is CC1CCN(C(=O)Cn2cc(/C=C3\SC(=O)N(c4ccccc4Cl)C3=O)c3ccccc32)CC1. The number of aromatic nitrogens is 1. The summed E-state index contributed by atoms with van der Waals surface area (Å²) in [6.07, 6.45) is 5.68. The smallest absolute Gasteiger partial charge is 0.298 e. The van der Waals surface area contributed by atoms with Gasteiger partial charge in [-0.2, -0.15) is 0 Å². The van der Waals surface area contributed by atoms with Crippen LogP contribution in [-0.4, -0.2) is 39.6 Å². The Morgan fingerprint density at radius 3 is 2.56 bits per heavy atom. The first-order valence-electron chi connectivity index (χ1n) is 11.3. The summed E-state index contributed by atoms with van der Waals surface area (Å²) in [5, 5.41) is 0.878. The topological polar surface area (TPSA) is 62.6 Å². The lowest BCUT2D eigenvalue weighted by atomic mass is 9.99. The Balaban J connectivity index is 1.44. The lowest BCUT2D eigenvalue weighted by Crippen LogP contribution is -2.39. The van der Waals surface area contributed by atoms with Crippen LogP contribution in [0.2, 0.25) is 5.02 Å². The maximum Gasteiger partial charge on any atom is 0.298 e. The summed E-state index contributed by atoms with van der Waals surface area (Å²) in [7, 11) is 0. The minimum Gasteiger partial charge on any atom is -0.341 e. The summed E-state index contributed by atoms with van der Waals surface area (Å²) < 4.78 is 1.93. The number of para-hydroxylation sites is 2. The van der Waals surface area contributed by atoms with E-state index < -0.39 is 5.91 Å². The number of hydrogen-bond donors (Lipinski definition) is 0. The quantitative estimate of drug-likeness (QED) is 0.431. The molecule has 2 aliphatic rings. The Labute approximate surface area is 207 Å². The maximum atomic E-state index is 13.1. The van der Waals surface area contributed by atoms with Gasteiger partial charge >= 0.3 is 0 Å². The van der Waals surface area contributed by atoms with E-state index in [0.29, 0.717) is 21.5 Å². The van der Waals surface area contributed by atoms with E-state index in [4.69, 9.17) is 11.6 Å². The summed E-state index contributed by atoms with van der Waals surface area (Å²) in [6, 6.07) is 14.6. The van der Waals surface area contributed by atoms with Gasteiger partial charge in [-0.3, -0.25) is 14.4 Å². The van der Waals surface area contributed by atoms with Crippen molar-refractivity contribution in [3.05, 3.63) is 70.2 Å². The Hall–Kier alpha value is -3.03. The lowest BCUT2D eigenvalue weighted by Gasteiger charge is -2.30. The van der Waals surface area contributed by atoms with Crippen molar-refractivity contribution in [2.75, 3.05) is 18.0 Å². The zero-order valence-corrected chi connectivity index (χ0v) is 20.3. The van der Waals surface area contributed by atoms with Crippen LogP contribution in [-0.2, 0) is 16.1 Å². The number of benzene rings is 2. The van der Waals surface area contributed by atoms with E-state index in [-0.39, 0.29) is 17.7 Å². The molecule has 174 valence electrons. The number of carbonyl (C=O) groups is 3. The third-order valence-corrected chi connectivity index (χ3v) is 7.62. The Morgan fingerprint density at radius 2 is 1.79 bits per heavy atom. The van der Waals surface area contributed by atoms with Crippen molar-refractivity contribution in [3.8, 4) is 0 Å². The fourth-order valence-electron chi connectivity index (χ4n) is 4.47. The molecule has 2 saturated heterocycles. The van der Waals surface area contributed by atoms with Crippen molar-refractivity contribution in [1.29, 1.82) is 0 Å². The molecule has 2 aromatic carbocycles. The molecule has 0 radical (unpaired) electrons. The summed E-state index contributed by atoms with van der Waals surface area (Å²) in [5.41, 5.74) is 2.08. The number of likely N-dealkylation sites (tertiary alicyclic amines) is 1. The second kappa shape index (κ2) is 9.31. The Morgan fingerprint density at radius 1 is 1.09 bits per heavy atom. The van der Waals surface area contributed by atoms with E-state index in [2.05, 4.69) is 6.92 Å². The molecule has 6 nitrogen and oxygen atoms in total. The number of anilines is 1. The monoisotopic (exact) mass is 493 g/mol. The van der Waals surface area contributed by atoms with E-state index >= 15 is 0 Å². The van der Waals surface area contributed by atoms with Gasteiger partial charge < -0.3 is 9.47 Å². The molecule has 1 aromatic heterocycles. The van der Waals surface area contributed by atoms with Gasteiger partial charge in [0, 0.05) is 35.8 Å². The normalized spacial score (nSPS) is 18.5. The average Bonchev–Trinajstić information content (AvgIpc) is 3.31. The molecule has 0 atom stereocenters. The largest absolute Gasteiger partial charge is 0.341 e. The summed E-state index contributed by atoms with van der Waals surface area (Å²) in [4.78, 5) is 42.1. The fraction of sp³-hybridized carbons (Fsp3) is 0.269. The van der Waals surface area contributed by atoms with Crippen LogP contribution in [0.1, 0.15) is 25.3 Å². The molecule has 34 heavy (non-hydrogen) atoms. The molecular formula is C26H24ClN3O3S. The summed E-state index contributed by atoms with van der Waals surface area (Å²) in [6.45, 7) is 4.05. The Bertz CT molecular complexity index is 1320. The zero-order valence-electron chi connectivity index (χ0n) is 18.7. The number of fused-ring (bicyclic) bond motifs is 1. The first kappa shape index (κ1) is 22.7. The van der Waals surface area contributed by atoms with Gasteiger partial charge in [0.25, 0.3) is 11.1 Å². The van der Waals surface area contributed by atoms with Crippen molar-refractivity contribution in [1.82, 2.24) is 9.47 Å². The van der Waals surface area contributed by atoms with Gasteiger partial charge in [0.2, 0.25) is 5.91 Å². The highest BCUT2D eigenvalue weighted by atomic mass is 35.5. The van der Waals surface area contributed by atoms with Crippen LogP contribution in [0, 0.1) is 5.92 Å². The van der Waals surface area contributed by atoms with Gasteiger partial charge in [-0.05, 0) is 54.8 Å². The standard InChI is InChI=1S/C26H24ClN3O3S/c1-17-10-12-28(13-11-17)24(31)16-29-15-18(19-6-2-4-8-21(19)29)14-23-25(32)30(26(33)34-23)22-9-5-3-7-20(22)27/h2-9,14-15,17H,10-13,16H2,1H3/b23-14-. The van der Waals surface area contributed by atoms with Crippen LogP contribution in [0.25, 0.3) is 17.0 Å². The zero-order chi connectivity index (χ0) is 23.8. The Kier molecular flexibility index (Phi) is 6.23. The number of amides is 3. The van der Waals surface area contributed by atoms with Crippen molar-refractivity contribution in [2.45, 2.75) is 26.3 Å². The highest BCUT2D eigenvalue weighted by molar-refractivity contribution is 8.19. The molecule has 3 aromatic rings. The molecule has 5 rings (SSSR count). The van der Waals surface area contributed by atoms with Crippen LogP contribution in [0.4, 0.5) is 10.5 Å². The molecule has 8 heteroatoms. The van der Waals surface area contributed by atoms with Gasteiger partial charge in [-0.25, -0.2) is 4.90 Å². The third-order valence-electron chi connectivity index (χ3n) is 6.44. The fourth-order valence-corrected chi connectivity index (χ4v) is 5.52. The van der Waals surface area contributed by atoms with Gasteiger partial charge in [-0.15, -0.1) is 0 Å². The highest BCUT2D eigenvalue weighted by Crippen LogP contribution is 2.39. The number of hydrogen-bond acceptors (Lipinski definition) is 4. The van der Waals surface area contributed by atoms with E-state index in [9.17, 15) is 14.4 Å². The predicted octanol–water partition coefficient (Wildman–Crippen LogP) is 5.79. The first-order chi connectivity index (χ1) is 16.4. The summed E-state index contributed by atoms with van der Waals surface area (Å²) in [5.74, 6) is 0.348. The number of rotatable bonds is 4. The van der Waals surface area contributed by atoms with Crippen molar-refractivity contribution < 1.29 is 14.4 Å². The second-order valence-electron chi connectivity index (χ2n) is 8.76. The average molecular weight is 494 g/mol. The molecule has 0 unspecified atom stereocenters. The lowest BCUT2D eigenvalue weighted by molar-refractivity contribution is -0.133. The summed E-state index contributed by atoms with van der Waals surface area (Å²) >= 11 is 7.12. The molecule has 2 aliphatic heterocycles. The number of nitrogens with zero attached hydrogens (tertiary/aromatic N) is 3. The van der Waals surface area contributed by atoms with Gasteiger partial charge in [0.15, 0.2) is 0 Å². The highest BCUT2D eigenvalue weighted by Gasteiger charge is 2.37.